The largest absolute Gasteiger partial charge is 0.444 e. The fraction of sp³-hybridized carbons (Fsp3) is 0.481. The summed E-state index contributed by atoms with van der Waals surface area (Å²) in [7, 11) is 4.69. The highest BCUT2D eigenvalue weighted by molar-refractivity contribution is 6.31. The Kier molecular flexibility index (Phi) is 8.22. The molecule has 1 saturated heterocycles. The summed E-state index contributed by atoms with van der Waals surface area (Å²) in [5, 5.41) is 13.3. The van der Waals surface area contributed by atoms with Crippen LogP contribution in [0.1, 0.15) is 44.9 Å². The number of anilines is 1. The molecule has 2 aromatic heterocycles. The molecule has 39 heavy (non-hydrogen) atoms. The number of carbonyl (C=O) groups is 1. The molecule has 1 fully saturated rings. The van der Waals surface area contributed by atoms with Crippen LogP contribution in [0.3, 0.4) is 0 Å². The molecule has 0 aliphatic carbocycles. The van der Waals surface area contributed by atoms with Gasteiger partial charge in [-0.15, -0.1) is 0 Å². The first-order chi connectivity index (χ1) is 18.4. The van der Waals surface area contributed by atoms with Crippen molar-refractivity contribution < 1.29 is 14.4 Å². The van der Waals surface area contributed by atoms with E-state index in [0.717, 1.165) is 18.4 Å². The van der Waals surface area contributed by atoms with Crippen LogP contribution in [0.4, 0.5) is 10.7 Å². The summed E-state index contributed by atoms with van der Waals surface area (Å²) in [6.45, 7) is 7.02. The number of fused-ring (bicyclic) bond motifs is 1. The van der Waals surface area contributed by atoms with Crippen molar-refractivity contribution in [3.8, 4) is 0 Å². The fourth-order valence-electron chi connectivity index (χ4n) is 4.70. The lowest BCUT2D eigenvalue weighted by Crippen LogP contribution is -2.49. The molecule has 210 valence electrons. The van der Waals surface area contributed by atoms with Crippen molar-refractivity contribution >= 4 is 40.5 Å². The molecule has 1 atom stereocenters. The summed E-state index contributed by atoms with van der Waals surface area (Å²) in [6.07, 6.45) is 1.16. The number of hydrogen-bond acceptors (Lipinski definition) is 7. The van der Waals surface area contributed by atoms with E-state index in [9.17, 15) is 9.59 Å². The Labute approximate surface area is 232 Å². The summed E-state index contributed by atoms with van der Waals surface area (Å²) in [6, 6.07) is 9.07. The molecule has 12 heteroatoms. The molecule has 2 N–H and O–H groups in total. The first kappa shape index (κ1) is 28.4. The average Bonchev–Trinajstić information content (AvgIpc) is 3.23. The van der Waals surface area contributed by atoms with Gasteiger partial charge in [-0.25, -0.2) is 14.8 Å². The average molecular weight is 558 g/mol. The van der Waals surface area contributed by atoms with Crippen molar-refractivity contribution in [3.05, 3.63) is 57.0 Å². The molecule has 0 unspecified atom stereocenters. The molecule has 0 spiro atoms. The van der Waals surface area contributed by atoms with Gasteiger partial charge in [-0.3, -0.25) is 15.0 Å². The second-order valence-electron chi connectivity index (χ2n) is 10.7. The van der Waals surface area contributed by atoms with E-state index in [4.69, 9.17) is 31.6 Å². The molecule has 1 aliphatic rings. The smallest absolute Gasteiger partial charge is 0.407 e. The van der Waals surface area contributed by atoms with Crippen LogP contribution in [0.15, 0.2) is 35.1 Å². The van der Waals surface area contributed by atoms with Gasteiger partial charge < -0.3 is 24.1 Å². The number of amides is 1. The normalized spacial score (nSPS) is 15.9. The maximum Gasteiger partial charge on any atom is 0.407 e. The van der Waals surface area contributed by atoms with Crippen molar-refractivity contribution in [2.75, 3.05) is 32.1 Å². The lowest BCUT2D eigenvalue weighted by Gasteiger charge is -2.34. The van der Waals surface area contributed by atoms with Gasteiger partial charge in [0.25, 0.3) is 5.56 Å². The molecule has 1 aromatic carbocycles. The van der Waals surface area contributed by atoms with Crippen LogP contribution in [0.2, 0.25) is 5.02 Å². The molecular formula is C27H36ClN7O4. The number of carbonyl (C=O) groups excluding carboxylic acids is 1. The number of halogens is 1. The van der Waals surface area contributed by atoms with Gasteiger partial charge in [0.2, 0.25) is 5.95 Å². The number of hydroxylamine groups is 2. The standard InChI is InChI=1S/C27H36ClN7O4/c1-27(2,3)39-26(37)30-18-11-9-13-34(16-18)25-31-20-14-21(23(29)33(5)38-6)32(4)24(36)22(20)35(25)15-17-10-7-8-12-19(17)28/h7-8,10,12,14,18,29H,9,11,13,15-16H2,1-6H3,(H,30,37)/t18-/m1/s1. The number of ether oxygens (including phenoxy) is 1. The topological polar surface area (TPSA) is 118 Å². The minimum Gasteiger partial charge on any atom is -0.444 e. The van der Waals surface area contributed by atoms with E-state index < -0.39 is 11.7 Å². The molecule has 3 heterocycles. The van der Waals surface area contributed by atoms with Gasteiger partial charge in [-0.05, 0) is 51.3 Å². The van der Waals surface area contributed by atoms with Gasteiger partial charge in [-0.1, -0.05) is 29.8 Å². The van der Waals surface area contributed by atoms with Crippen LogP contribution in [-0.2, 0) is 23.2 Å². The molecule has 0 radical (unpaired) electrons. The minimum absolute atomic E-state index is 0.0285. The number of benzene rings is 1. The Morgan fingerprint density at radius 1 is 1.31 bits per heavy atom. The third-order valence-corrected chi connectivity index (χ3v) is 7.03. The summed E-state index contributed by atoms with van der Waals surface area (Å²) in [5.74, 6) is 0.627. The first-order valence-corrected chi connectivity index (χ1v) is 13.2. The second kappa shape index (κ2) is 11.3. The van der Waals surface area contributed by atoms with Crippen molar-refractivity contribution in [2.45, 2.75) is 51.8 Å². The van der Waals surface area contributed by atoms with Crippen molar-refractivity contribution in [1.82, 2.24) is 24.5 Å². The minimum atomic E-state index is -0.594. The molecule has 1 aliphatic heterocycles. The summed E-state index contributed by atoms with van der Waals surface area (Å²) in [5.41, 5.74) is 1.21. The van der Waals surface area contributed by atoms with Gasteiger partial charge in [0.15, 0.2) is 5.84 Å². The maximum atomic E-state index is 13.7. The highest BCUT2D eigenvalue weighted by atomic mass is 35.5. The zero-order valence-corrected chi connectivity index (χ0v) is 24.0. The zero-order valence-electron chi connectivity index (χ0n) is 23.2. The fourth-order valence-corrected chi connectivity index (χ4v) is 4.89. The molecule has 4 rings (SSSR count). The van der Waals surface area contributed by atoms with E-state index in [2.05, 4.69) is 10.2 Å². The monoisotopic (exact) mass is 557 g/mol. The molecular weight excluding hydrogens is 522 g/mol. The van der Waals surface area contributed by atoms with E-state index in [1.54, 1.807) is 20.2 Å². The number of amidine groups is 1. The van der Waals surface area contributed by atoms with E-state index >= 15 is 0 Å². The summed E-state index contributed by atoms with van der Waals surface area (Å²) >= 11 is 6.51. The van der Waals surface area contributed by atoms with Crippen LogP contribution >= 0.6 is 11.6 Å². The molecule has 0 saturated carbocycles. The van der Waals surface area contributed by atoms with Gasteiger partial charge >= 0.3 is 6.09 Å². The summed E-state index contributed by atoms with van der Waals surface area (Å²) in [4.78, 5) is 38.3. The lowest BCUT2D eigenvalue weighted by molar-refractivity contribution is -0.0422. The van der Waals surface area contributed by atoms with E-state index in [-0.39, 0.29) is 17.4 Å². The quantitative estimate of drug-likeness (QED) is 0.269. The Balaban J connectivity index is 1.78. The van der Waals surface area contributed by atoms with Crippen LogP contribution in [-0.4, -0.2) is 70.0 Å². The lowest BCUT2D eigenvalue weighted by atomic mass is 10.1. The third kappa shape index (κ3) is 6.20. The van der Waals surface area contributed by atoms with Crippen molar-refractivity contribution in [2.24, 2.45) is 7.05 Å². The summed E-state index contributed by atoms with van der Waals surface area (Å²) < 4.78 is 8.76. The number of imidazole rings is 1. The van der Waals surface area contributed by atoms with Crippen LogP contribution in [0.25, 0.3) is 11.0 Å². The second-order valence-corrected chi connectivity index (χ2v) is 11.1. The number of pyridine rings is 1. The molecule has 11 nitrogen and oxygen atoms in total. The van der Waals surface area contributed by atoms with Gasteiger partial charge in [-0.2, -0.15) is 0 Å². The predicted molar refractivity (Wildman–Crippen MR) is 152 cm³/mol. The number of nitrogens with zero attached hydrogens (tertiary/aromatic N) is 5. The molecule has 0 bridgehead atoms. The number of piperidine rings is 1. The number of hydrogen-bond donors (Lipinski definition) is 2. The van der Waals surface area contributed by atoms with E-state index in [1.807, 2.05) is 49.6 Å². The molecule has 3 aromatic rings. The highest BCUT2D eigenvalue weighted by Gasteiger charge is 2.29. The highest BCUT2D eigenvalue weighted by Crippen LogP contribution is 2.27. The Morgan fingerprint density at radius 3 is 2.69 bits per heavy atom. The third-order valence-electron chi connectivity index (χ3n) is 6.66. The van der Waals surface area contributed by atoms with Crippen LogP contribution in [0, 0.1) is 5.41 Å². The SMILES string of the molecule is CON(C)C(=N)c1cc2nc(N3CCC[C@@H](NC(=O)OC(C)(C)C)C3)n(Cc3ccccc3Cl)c2c(=O)n1C. The number of aromatic nitrogens is 3. The Bertz CT molecular complexity index is 1440. The van der Waals surface area contributed by atoms with Crippen LogP contribution in [0.5, 0.6) is 0 Å². The van der Waals surface area contributed by atoms with Gasteiger partial charge in [0, 0.05) is 38.2 Å². The zero-order chi connectivity index (χ0) is 28.5. The van der Waals surface area contributed by atoms with E-state index in [0.29, 0.717) is 47.3 Å². The van der Waals surface area contributed by atoms with E-state index in [1.165, 1.54) is 16.7 Å². The Morgan fingerprint density at radius 2 is 2.03 bits per heavy atom. The van der Waals surface area contributed by atoms with Crippen molar-refractivity contribution in [1.29, 1.82) is 5.41 Å². The van der Waals surface area contributed by atoms with Crippen molar-refractivity contribution in [3.63, 3.8) is 0 Å². The Hall–Kier alpha value is -3.57. The first-order valence-electron chi connectivity index (χ1n) is 12.8. The molecule has 1 amide bonds. The number of alkyl carbamates (subject to hydrolysis) is 1. The van der Waals surface area contributed by atoms with Gasteiger partial charge in [0.05, 0.1) is 24.9 Å². The number of rotatable bonds is 6. The predicted octanol–water partition coefficient (Wildman–Crippen LogP) is 3.75. The number of nitrogens with one attached hydrogen (secondary N) is 2. The maximum absolute atomic E-state index is 13.7. The van der Waals surface area contributed by atoms with Crippen LogP contribution < -0.4 is 15.8 Å². The van der Waals surface area contributed by atoms with Gasteiger partial charge in [0.1, 0.15) is 11.1 Å².